The minimum atomic E-state index is -0.334. The van der Waals surface area contributed by atoms with Crippen molar-refractivity contribution in [3.8, 4) is 0 Å². The van der Waals surface area contributed by atoms with E-state index >= 15 is 0 Å². The first kappa shape index (κ1) is 17.3. The Morgan fingerprint density at radius 2 is 1.88 bits per heavy atom. The Bertz CT molecular complexity index is 906. The summed E-state index contributed by atoms with van der Waals surface area (Å²) in [4.78, 5) is 34.7. The van der Waals surface area contributed by atoms with Gasteiger partial charge in [0.05, 0.1) is 18.1 Å². The van der Waals surface area contributed by atoms with Crippen LogP contribution in [0.3, 0.4) is 0 Å². The van der Waals surface area contributed by atoms with E-state index in [1.54, 1.807) is 38.6 Å². The number of nitrogens with one attached hydrogen (secondary N) is 1. The summed E-state index contributed by atoms with van der Waals surface area (Å²) in [5.41, 5.74) is 1.97. The lowest BCUT2D eigenvalue weighted by Gasteiger charge is -2.17. The Morgan fingerprint density at radius 3 is 2.58 bits per heavy atom. The van der Waals surface area contributed by atoms with Crippen molar-refractivity contribution in [1.82, 2.24) is 19.9 Å². The lowest BCUT2D eigenvalue weighted by atomic mass is 10.2. The highest BCUT2D eigenvalue weighted by Crippen LogP contribution is 2.14. The van der Waals surface area contributed by atoms with E-state index in [4.69, 9.17) is 0 Å². The minimum absolute atomic E-state index is 0.184. The normalized spacial score (nSPS) is 10.4. The van der Waals surface area contributed by atoms with Gasteiger partial charge in [0.15, 0.2) is 5.82 Å². The Kier molecular flexibility index (Phi) is 5.07. The molecule has 0 fully saturated rings. The standard InChI is InChI=1S/C19H19N5O2/c1-23(15-9-6-10-20-12-15)19(26)16-13-21-17(24(16)2)18(25)22-11-14-7-4-3-5-8-14/h3-10,12-13H,11H2,1-2H3,(H,22,25). The number of hydrogen-bond donors (Lipinski definition) is 1. The number of nitrogens with zero attached hydrogens (tertiary/aromatic N) is 4. The van der Waals surface area contributed by atoms with E-state index in [0.717, 1.165) is 5.56 Å². The number of carbonyl (C=O) groups excluding carboxylic acids is 2. The molecule has 0 radical (unpaired) electrons. The molecule has 0 unspecified atom stereocenters. The Labute approximate surface area is 151 Å². The molecule has 2 heterocycles. The van der Waals surface area contributed by atoms with Gasteiger partial charge in [-0.2, -0.15) is 0 Å². The van der Waals surface area contributed by atoms with Gasteiger partial charge in [0, 0.05) is 26.8 Å². The van der Waals surface area contributed by atoms with Crippen LogP contribution in [0.5, 0.6) is 0 Å². The number of imidazole rings is 1. The van der Waals surface area contributed by atoms with Gasteiger partial charge in [-0.1, -0.05) is 30.3 Å². The maximum atomic E-state index is 12.7. The molecule has 1 aromatic carbocycles. The lowest BCUT2D eigenvalue weighted by Crippen LogP contribution is -2.30. The fourth-order valence-corrected chi connectivity index (χ4v) is 2.52. The predicted molar refractivity (Wildman–Crippen MR) is 97.8 cm³/mol. The average molecular weight is 349 g/mol. The molecular formula is C19H19N5O2. The van der Waals surface area contributed by atoms with Crippen LogP contribution < -0.4 is 10.2 Å². The van der Waals surface area contributed by atoms with E-state index in [2.05, 4.69) is 15.3 Å². The zero-order valence-electron chi connectivity index (χ0n) is 14.6. The van der Waals surface area contributed by atoms with Crippen molar-refractivity contribution in [2.24, 2.45) is 7.05 Å². The number of benzene rings is 1. The van der Waals surface area contributed by atoms with Gasteiger partial charge < -0.3 is 14.8 Å². The van der Waals surface area contributed by atoms with E-state index in [1.807, 2.05) is 30.3 Å². The van der Waals surface area contributed by atoms with Crippen LogP contribution in [0.1, 0.15) is 26.7 Å². The molecule has 0 saturated heterocycles. The third kappa shape index (κ3) is 3.61. The summed E-state index contributed by atoms with van der Waals surface area (Å²) in [6, 6.07) is 13.1. The number of hydrogen-bond acceptors (Lipinski definition) is 4. The van der Waals surface area contributed by atoms with Gasteiger partial charge >= 0.3 is 0 Å². The molecule has 7 heteroatoms. The summed E-state index contributed by atoms with van der Waals surface area (Å²) in [5.74, 6) is -0.418. The van der Waals surface area contributed by atoms with Gasteiger partial charge in [0.1, 0.15) is 5.69 Å². The van der Waals surface area contributed by atoms with Gasteiger partial charge in [0.25, 0.3) is 11.8 Å². The number of rotatable bonds is 5. The second-order valence-electron chi connectivity index (χ2n) is 5.77. The fourth-order valence-electron chi connectivity index (χ4n) is 2.52. The molecular weight excluding hydrogens is 330 g/mol. The largest absolute Gasteiger partial charge is 0.345 e. The van der Waals surface area contributed by atoms with Gasteiger partial charge in [0.2, 0.25) is 0 Å². The van der Waals surface area contributed by atoms with Gasteiger partial charge in [-0.05, 0) is 17.7 Å². The van der Waals surface area contributed by atoms with Crippen molar-refractivity contribution in [3.05, 3.63) is 78.1 Å². The Hall–Kier alpha value is -3.48. The summed E-state index contributed by atoms with van der Waals surface area (Å²) in [7, 11) is 3.30. The van der Waals surface area contributed by atoms with Crippen molar-refractivity contribution >= 4 is 17.5 Å². The number of anilines is 1. The summed E-state index contributed by atoms with van der Waals surface area (Å²) >= 11 is 0. The van der Waals surface area contributed by atoms with E-state index in [1.165, 1.54) is 15.7 Å². The predicted octanol–water partition coefficient (Wildman–Crippen LogP) is 2.02. The first-order chi connectivity index (χ1) is 12.6. The zero-order chi connectivity index (χ0) is 18.5. The molecule has 2 aromatic heterocycles. The first-order valence-electron chi connectivity index (χ1n) is 8.10. The number of amides is 2. The molecule has 0 spiro atoms. The maximum Gasteiger partial charge on any atom is 0.287 e. The van der Waals surface area contributed by atoms with Crippen molar-refractivity contribution in [1.29, 1.82) is 0 Å². The molecule has 0 saturated carbocycles. The molecule has 0 aliphatic heterocycles. The molecule has 26 heavy (non-hydrogen) atoms. The Balaban J connectivity index is 1.73. The van der Waals surface area contributed by atoms with Gasteiger partial charge in [-0.3, -0.25) is 14.6 Å². The fraction of sp³-hybridized carbons (Fsp3) is 0.158. The minimum Gasteiger partial charge on any atom is -0.345 e. The van der Waals surface area contributed by atoms with Crippen LogP contribution in [0.2, 0.25) is 0 Å². The van der Waals surface area contributed by atoms with E-state index < -0.39 is 0 Å². The summed E-state index contributed by atoms with van der Waals surface area (Å²) in [6.45, 7) is 0.394. The summed E-state index contributed by atoms with van der Waals surface area (Å²) < 4.78 is 1.50. The zero-order valence-corrected chi connectivity index (χ0v) is 14.6. The molecule has 2 amide bonds. The highest BCUT2D eigenvalue weighted by atomic mass is 16.2. The molecule has 132 valence electrons. The molecule has 0 aliphatic rings. The molecule has 0 atom stereocenters. The monoisotopic (exact) mass is 349 g/mol. The quantitative estimate of drug-likeness (QED) is 0.764. The average Bonchev–Trinajstić information content (AvgIpc) is 3.08. The van der Waals surface area contributed by atoms with Crippen LogP contribution in [0.15, 0.2) is 61.1 Å². The van der Waals surface area contributed by atoms with E-state index in [9.17, 15) is 9.59 Å². The van der Waals surface area contributed by atoms with E-state index in [0.29, 0.717) is 17.9 Å². The second kappa shape index (κ2) is 7.60. The van der Waals surface area contributed by atoms with Crippen LogP contribution in [0.4, 0.5) is 5.69 Å². The van der Waals surface area contributed by atoms with Crippen molar-refractivity contribution in [3.63, 3.8) is 0 Å². The summed E-state index contributed by atoms with van der Waals surface area (Å²) in [5, 5.41) is 2.81. The number of pyridine rings is 1. The highest BCUT2D eigenvalue weighted by molar-refractivity contribution is 6.05. The number of aromatic nitrogens is 3. The van der Waals surface area contributed by atoms with Crippen molar-refractivity contribution < 1.29 is 9.59 Å². The van der Waals surface area contributed by atoms with Crippen molar-refractivity contribution in [2.75, 3.05) is 11.9 Å². The van der Waals surface area contributed by atoms with Crippen LogP contribution in [0.25, 0.3) is 0 Å². The third-order valence-corrected chi connectivity index (χ3v) is 4.04. The van der Waals surface area contributed by atoms with Crippen LogP contribution >= 0.6 is 0 Å². The topological polar surface area (TPSA) is 80.1 Å². The molecule has 0 aliphatic carbocycles. The van der Waals surface area contributed by atoms with Crippen molar-refractivity contribution in [2.45, 2.75) is 6.54 Å². The van der Waals surface area contributed by atoms with Crippen LogP contribution in [0, 0.1) is 0 Å². The van der Waals surface area contributed by atoms with Gasteiger partial charge in [-0.25, -0.2) is 4.98 Å². The lowest BCUT2D eigenvalue weighted by molar-refractivity contribution is 0.0937. The molecule has 7 nitrogen and oxygen atoms in total. The smallest absolute Gasteiger partial charge is 0.287 e. The van der Waals surface area contributed by atoms with Gasteiger partial charge in [-0.15, -0.1) is 0 Å². The maximum absolute atomic E-state index is 12.7. The first-order valence-corrected chi connectivity index (χ1v) is 8.10. The molecule has 1 N–H and O–H groups in total. The van der Waals surface area contributed by atoms with Crippen LogP contribution in [-0.4, -0.2) is 33.4 Å². The Morgan fingerprint density at radius 1 is 1.12 bits per heavy atom. The SMILES string of the molecule is CN(C(=O)c1cnc(C(=O)NCc2ccccc2)n1C)c1cccnc1. The third-order valence-electron chi connectivity index (χ3n) is 4.04. The molecule has 3 aromatic rings. The second-order valence-corrected chi connectivity index (χ2v) is 5.77. The summed E-state index contributed by atoms with van der Waals surface area (Å²) in [6.07, 6.45) is 4.65. The number of carbonyl (C=O) groups is 2. The molecule has 0 bridgehead atoms. The highest BCUT2D eigenvalue weighted by Gasteiger charge is 2.22. The van der Waals surface area contributed by atoms with Crippen LogP contribution in [-0.2, 0) is 13.6 Å². The van der Waals surface area contributed by atoms with E-state index in [-0.39, 0.29) is 17.6 Å². The molecule has 3 rings (SSSR count).